The number of fused-ring (bicyclic) bond motifs is 2. The van der Waals surface area contributed by atoms with Gasteiger partial charge in [-0.2, -0.15) is 11.8 Å². The zero-order valence-corrected chi connectivity index (χ0v) is 10.7. The van der Waals surface area contributed by atoms with Gasteiger partial charge >= 0.3 is 0 Å². The van der Waals surface area contributed by atoms with Crippen LogP contribution in [0.4, 0.5) is 0 Å². The van der Waals surface area contributed by atoms with Gasteiger partial charge < -0.3 is 9.84 Å². The SMILES string of the molecule is OC1(C2CCOCC2)CC2CCCC(C1)S2. The van der Waals surface area contributed by atoms with Gasteiger partial charge in [-0.1, -0.05) is 6.42 Å². The molecule has 3 heteroatoms. The maximum absolute atomic E-state index is 10.9. The summed E-state index contributed by atoms with van der Waals surface area (Å²) in [5, 5.41) is 12.4. The third-order valence-electron chi connectivity index (χ3n) is 4.58. The molecule has 92 valence electrons. The van der Waals surface area contributed by atoms with E-state index in [2.05, 4.69) is 11.8 Å². The molecule has 0 amide bonds. The van der Waals surface area contributed by atoms with Crippen LogP contribution in [0.25, 0.3) is 0 Å². The summed E-state index contributed by atoms with van der Waals surface area (Å²) in [6.07, 6.45) is 8.25. The summed E-state index contributed by atoms with van der Waals surface area (Å²) in [7, 11) is 0. The lowest BCUT2D eigenvalue weighted by Gasteiger charge is -2.48. The number of thioether (sulfide) groups is 1. The number of ether oxygens (including phenoxy) is 1. The average molecular weight is 242 g/mol. The van der Waals surface area contributed by atoms with Crippen molar-refractivity contribution in [1.29, 1.82) is 0 Å². The number of hydrogen-bond acceptors (Lipinski definition) is 3. The molecular weight excluding hydrogens is 220 g/mol. The highest BCUT2D eigenvalue weighted by molar-refractivity contribution is 8.00. The molecule has 0 radical (unpaired) electrons. The highest BCUT2D eigenvalue weighted by Gasteiger charge is 2.46. The lowest BCUT2D eigenvalue weighted by Crippen LogP contribution is -2.49. The van der Waals surface area contributed by atoms with Crippen LogP contribution in [0.1, 0.15) is 44.9 Å². The topological polar surface area (TPSA) is 29.5 Å². The first-order chi connectivity index (χ1) is 7.76. The zero-order valence-electron chi connectivity index (χ0n) is 9.86. The number of hydrogen-bond donors (Lipinski definition) is 1. The molecule has 3 aliphatic heterocycles. The van der Waals surface area contributed by atoms with Crippen molar-refractivity contribution in [1.82, 2.24) is 0 Å². The van der Waals surface area contributed by atoms with Crippen LogP contribution in [-0.2, 0) is 4.74 Å². The smallest absolute Gasteiger partial charge is 0.0698 e. The van der Waals surface area contributed by atoms with Gasteiger partial charge in [0.2, 0.25) is 0 Å². The standard InChI is InChI=1S/C13H22O2S/c14-13(10-4-6-15-7-5-10)8-11-2-1-3-12(9-13)16-11/h10-12,14H,1-9H2. The highest BCUT2D eigenvalue weighted by atomic mass is 32.2. The van der Waals surface area contributed by atoms with Crippen molar-refractivity contribution in [2.45, 2.75) is 61.0 Å². The van der Waals surface area contributed by atoms with Gasteiger partial charge in [-0.05, 0) is 44.4 Å². The molecule has 2 unspecified atom stereocenters. The molecule has 3 rings (SSSR count). The Morgan fingerprint density at radius 3 is 2.25 bits per heavy atom. The van der Waals surface area contributed by atoms with Crippen LogP contribution in [0.2, 0.25) is 0 Å². The fraction of sp³-hybridized carbons (Fsp3) is 1.00. The molecule has 0 aromatic rings. The molecule has 2 atom stereocenters. The van der Waals surface area contributed by atoms with Crippen LogP contribution in [0, 0.1) is 5.92 Å². The minimum Gasteiger partial charge on any atom is -0.390 e. The van der Waals surface area contributed by atoms with E-state index in [0.717, 1.165) is 49.4 Å². The largest absolute Gasteiger partial charge is 0.390 e. The Bertz CT molecular complexity index is 238. The molecule has 2 nitrogen and oxygen atoms in total. The summed E-state index contributed by atoms with van der Waals surface area (Å²) < 4.78 is 5.41. The van der Waals surface area contributed by atoms with Gasteiger partial charge in [-0.3, -0.25) is 0 Å². The van der Waals surface area contributed by atoms with Crippen molar-refractivity contribution in [3.63, 3.8) is 0 Å². The van der Waals surface area contributed by atoms with Crippen LogP contribution in [0.3, 0.4) is 0 Å². The lowest BCUT2D eigenvalue weighted by molar-refractivity contribution is -0.0808. The molecular formula is C13H22O2S. The van der Waals surface area contributed by atoms with E-state index < -0.39 is 0 Å². The van der Waals surface area contributed by atoms with Crippen LogP contribution in [-0.4, -0.2) is 34.4 Å². The molecule has 0 saturated carbocycles. The van der Waals surface area contributed by atoms with Crippen molar-refractivity contribution >= 4 is 11.8 Å². The minimum absolute atomic E-state index is 0.356. The summed E-state index contributed by atoms with van der Waals surface area (Å²) in [5.41, 5.74) is -0.356. The Labute approximate surface area is 102 Å². The van der Waals surface area contributed by atoms with Crippen LogP contribution >= 0.6 is 11.8 Å². The van der Waals surface area contributed by atoms with E-state index in [4.69, 9.17) is 4.74 Å². The first-order valence-electron chi connectivity index (χ1n) is 6.72. The van der Waals surface area contributed by atoms with Crippen molar-refractivity contribution < 1.29 is 9.84 Å². The van der Waals surface area contributed by atoms with E-state index in [1.807, 2.05) is 0 Å². The number of aliphatic hydroxyl groups is 1. The fourth-order valence-electron chi connectivity index (χ4n) is 3.72. The molecule has 3 fully saturated rings. The van der Waals surface area contributed by atoms with E-state index in [1.165, 1.54) is 19.3 Å². The van der Waals surface area contributed by atoms with Gasteiger partial charge in [0.15, 0.2) is 0 Å². The predicted molar refractivity (Wildman–Crippen MR) is 66.7 cm³/mol. The second-order valence-corrected chi connectivity index (χ2v) is 7.31. The molecule has 0 spiro atoms. The van der Waals surface area contributed by atoms with Gasteiger partial charge in [0.05, 0.1) is 5.60 Å². The van der Waals surface area contributed by atoms with Gasteiger partial charge in [0, 0.05) is 23.7 Å². The second-order valence-electron chi connectivity index (χ2n) is 5.71. The Kier molecular flexibility index (Phi) is 3.20. The monoisotopic (exact) mass is 242 g/mol. The van der Waals surface area contributed by atoms with E-state index >= 15 is 0 Å². The predicted octanol–water partition coefficient (Wildman–Crippen LogP) is 2.59. The Balaban J connectivity index is 1.71. The first-order valence-corrected chi connectivity index (χ1v) is 7.66. The number of rotatable bonds is 1. The Morgan fingerprint density at radius 1 is 1.00 bits per heavy atom. The fourth-order valence-corrected chi connectivity index (χ4v) is 5.64. The van der Waals surface area contributed by atoms with Crippen molar-refractivity contribution in [3.8, 4) is 0 Å². The van der Waals surface area contributed by atoms with Crippen LogP contribution in [0.15, 0.2) is 0 Å². The van der Waals surface area contributed by atoms with Crippen LogP contribution in [0.5, 0.6) is 0 Å². The highest BCUT2D eigenvalue weighted by Crippen LogP contribution is 2.49. The van der Waals surface area contributed by atoms with Gasteiger partial charge in [0.25, 0.3) is 0 Å². The zero-order chi connectivity index (χ0) is 11.0. The molecule has 0 aromatic carbocycles. The third-order valence-corrected chi connectivity index (χ3v) is 6.16. The summed E-state index contributed by atoms with van der Waals surface area (Å²) in [6.45, 7) is 1.71. The molecule has 2 bridgehead atoms. The molecule has 3 aliphatic rings. The van der Waals surface area contributed by atoms with E-state index in [-0.39, 0.29) is 5.60 Å². The normalized spacial score (nSPS) is 45.6. The maximum atomic E-state index is 10.9. The second kappa shape index (κ2) is 4.51. The van der Waals surface area contributed by atoms with Crippen molar-refractivity contribution in [3.05, 3.63) is 0 Å². The van der Waals surface area contributed by atoms with Crippen molar-refractivity contribution in [2.75, 3.05) is 13.2 Å². The van der Waals surface area contributed by atoms with E-state index in [9.17, 15) is 5.11 Å². The van der Waals surface area contributed by atoms with Gasteiger partial charge in [-0.15, -0.1) is 0 Å². The van der Waals surface area contributed by atoms with Crippen LogP contribution < -0.4 is 0 Å². The maximum Gasteiger partial charge on any atom is 0.0698 e. The van der Waals surface area contributed by atoms with Gasteiger partial charge in [0.1, 0.15) is 0 Å². The average Bonchev–Trinajstić information content (AvgIpc) is 2.29. The molecule has 0 aromatic heterocycles. The quantitative estimate of drug-likeness (QED) is 0.766. The lowest BCUT2D eigenvalue weighted by atomic mass is 9.73. The molecule has 16 heavy (non-hydrogen) atoms. The van der Waals surface area contributed by atoms with E-state index in [1.54, 1.807) is 0 Å². The minimum atomic E-state index is -0.356. The summed E-state index contributed by atoms with van der Waals surface area (Å²) in [5.74, 6) is 0.505. The molecule has 1 N–H and O–H groups in total. The Morgan fingerprint density at radius 2 is 1.62 bits per heavy atom. The summed E-state index contributed by atoms with van der Waals surface area (Å²) in [4.78, 5) is 0. The third kappa shape index (κ3) is 2.14. The summed E-state index contributed by atoms with van der Waals surface area (Å²) in [6, 6.07) is 0. The molecule has 3 heterocycles. The molecule has 3 saturated heterocycles. The van der Waals surface area contributed by atoms with Crippen molar-refractivity contribution in [2.24, 2.45) is 5.92 Å². The Hall–Kier alpha value is 0.270. The van der Waals surface area contributed by atoms with Gasteiger partial charge in [-0.25, -0.2) is 0 Å². The van der Waals surface area contributed by atoms with E-state index in [0.29, 0.717) is 5.92 Å². The summed E-state index contributed by atoms with van der Waals surface area (Å²) >= 11 is 2.15. The molecule has 0 aliphatic carbocycles. The first kappa shape index (κ1) is 11.4.